The van der Waals surface area contributed by atoms with Crippen molar-refractivity contribution in [3.05, 3.63) is 29.8 Å². The Hall–Kier alpha value is -1.55. The average molecular weight is 287 g/mol. The van der Waals surface area contributed by atoms with E-state index in [1.54, 1.807) is 0 Å². The van der Waals surface area contributed by atoms with Crippen molar-refractivity contribution in [2.75, 3.05) is 11.9 Å². The topological polar surface area (TPSA) is 67.1 Å². The summed E-state index contributed by atoms with van der Waals surface area (Å²) in [6.45, 7) is 2.75. The molecule has 0 aromatic heterocycles. The van der Waals surface area contributed by atoms with E-state index in [1.807, 2.05) is 31.2 Å². The van der Waals surface area contributed by atoms with Gasteiger partial charge in [0.05, 0.1) is 0 Å². The van der Waals surface area contributed by atoms with Crippen LogP contribution in [-0.2, 0) is 0 Å². The molecular formula is C17H25N3O. The number of nitrogens with one attached hydrogen (secondary N) is 2. The molecule has 0 bridgehead atoms. The maximum absolute atomic E-state index is 12.0. The van der Waals surface area contributed by atoms with Gasteiger partial charge in [0, 0.05) is 18.3 Å². The van der Waals surface area contributed by atoms with Crippen molar-refractivity contribution < 1.29 is 4.79 Å². The number of anilines is 1. The fourth-order valence-corrected chi connectivity index (χ4v) is 3.05. The molecule has 0 spiro atoms. The van der Waals surface area contributed by atoms with Crippen LogP contribution in [0.1, 0.15) is 44.2 Å². The van der Waals surface area contributed by atoms with E-state index in [4.69, 9.17) is 5.73 Å². The Kier molecular flexibility index (Phi) is 4.15. The molecule has 4 heteroatoms. The Morgan fingerprint density at radius 3 is 2.52 bits per heavy atom. The van der Waals surface area contributed by atoms with E-state index >= 15 is 0 Å². The maximum atomic E-state index is 12.0. The number of hydrogen-bond acceptors (Lipinski definition) is 2. The Labute approximate surface area is 126 Å². The van der Waals surface area contributed by atoms with Crippen LogP contribution >= 0.6 is 0 Å². The van der Waals surface area contributed by atoms with E-state index in [2.05, 4.69) is 10.6 Å². The van der Waals surface area contributed by atoms with E-state index < -0.39 is 0 Å². The van der Waals surface area contributed by atoms with Gasteiger partial charge in [-0.2, -0.15) is 0 Å². The molecule has 4 nitrogen and oxygen atoms in total. The number of rotatable bonds is 6. The number of nitrogens with two attached hydrogens (primary N) is 1. The predicted molar refractivity (Wildman–Crippen MR) is 85.0 cm³/mol. The summed E-state index contributed by atoms with van der Waals surface area (Å²) < 4.78 is 0. The number of benzene rings is 1. The highest BCUT2D eigenvalue weighted by molar-refractivity contribution is 5.89. The first kappa shape index (κ1) is 14.4. The lowest BCUT2D eigenvalue weighted by atomic mass is 9.98. The highest BCUT2D eigenvalue weighted by atomic mass is 16.2. The first-order valence-electron chi connectivity index (χ1n) is 8.04. The smallest absolute Gasteiger partial charge is 0.319 e. The number of amides is 2. The van der Waals surface area contributed by atoms with Gasteiger partial charge in [-0.05, 0) is 68.1 Å². The summed E-state index contributed by atoms with van der Waals surface area (Å²) in [5.41, 5.74) is 7.70. The third-order valence-electron chi connectivity index (χ3n) is 4.62. The van der Waals surface area contributed by atoms with Crippen molar-refractivity contribution in [2.45, 2.75) is 38.6 Å². The molecule has 1 aromatic carbocycles. The maximum Gasteiger partial charge on any atom is 0.319 e. The molecule has 0 heterocycles. The van der Waals surface area contributed by atoms with Crippen molar-refractivity contribution in [1.82, 2.24) is 5.32 Å². The Morgan fingerprint density at radius 2 is 1.95 bits per heavy atom. The van der Waals surface area contributed by atoms with Crippen LogP contribution in [0.3, 0.4) is 0 Å². The summed E-state index contributed by atoms with van der Waals surface area (Å²) in [5.74, 6) is 2.42. The van der Waals surface area contributed by atoms with Gasteiger partial charge >= 0.3 is 6.03 Å². The van der Waals surface area contributed by atoms with Crippen LogP contribution in [0.25, 0.3) is 0 Å². The van der Waals surface area contributed by atoms with Gasteiger partial charge in [-0.15, -0.1) is 0 Å². The van der Waals surface area contributed by atoms with Gasteiger partial charge in [0.1, 0.15) is 0 Å². The van der Waals surface area contributed by atoms with Crippen molar-refractivity contribution in [3.63, 3.8) is 0 Å². The SMILES string of the molecule is CC(N)c1cccc(NC(=O)NCC(C2CC2)C2CC2)c1. The van der Waals surface area contributed by atoms with Crippen LogP contribution in [-0.4, -0.2) is 12.6 Å². The molecule has 2 aliphatic carbocycles. The molecule has 0 radical (unpaired) electrons. The quantitative estimate of drug-likeness (QED) is 0.751. The van der Waals surface area contributed by atoms with Crippen LogP contribution in [0, 0.1) is 17.8 Å². The molecule has 2 aliphatic rings. The minimum absolute atomic E-state index is 0.0241. The van der Waals surface area contributed by atoms with Gasteiger partial charge < -0.3 is 16.4 Å². The monoisotopic (exact) mass is 287 g/mol. The van der Waals surface area contributed by atoms with Crippen molar-refractivity contribution in [1.29, 1.82) is 0 Å². The molecule has 2 fully saturated rings. The van der Waals surface area contributed by atoms with E-state index in [9.17, 15) is 4.79 Å². The van der Waals surface area contributed by atoms with Crippen LogP contribution in [0.4, 0.5) is 10.5 Å². The summed E-state index contributed by atoms with van der Waals surface area (Å²) in [4.78, 5) is 12.0. The zero-order chi connectivity index (χ0) is 14.8. The Balaban J connectivity index is 1.50. The summed E-state index contributed by atoms with van der Waals surface area (Å²) in [5, 5.41) is 5.95. The summed E-state index contributed by atoms with van der Waals surface area (Å²) in [7, 11) is 0. The molecule has 114 valence electrons. The molecule has 1 aromatic rings. The Bertz CT molecular complexity index is 495. The summed E-state index contributed by atoms with van der Waals surface area (Å²) in [6.07, 6.45) is 5.39. The lowest BCUT2D eigenvalue weighted by Crippen LogP contribution is -2.34. The zero-order valence-electron chi connectivity index (χ0n) is 12.6. The summed E-state index contributed by atoms with van der Waals surface area (Å²) in [6, 6.07) is 7.59. The van der Waals surface area contributed by atoms with E-state index in [0.29, 0.717) is 5.92 Å². The minimum Gasteiger partial charge on any atom is -0.338 e. The van der Waals surface area contributed by atoms with Crippen LogP contribution < -0.4 is 16.4 Å². The van der Waals surface area contributed by atoms with Crippen molar-refractivity contribution in [2.24, 2.45) is 23.5 Å². The number of hydrogen-bond donors (Lipinski definition) is 3. The van der Waals surface area contributed by atoms with E-state index in [1.165, 1.54) is 25.7 Å². The summed E-state index contributed by atoms with van der Waals surface area (Å²) >= 11 is 0. The third-order valence-corrected chi connectivity index (χ3v) is 4.62. The lowest BCUT2D eigenvalue weighted by Gasteiger charge is -2.17. The molecule has 2 amide bonds. The molecule has 4 N–H and O–H groups in total. The molecule has 3 rings (SSSR count). The zero-order valence-corrected chi connectivity index (χ0v) is 12.6. The first-order valence-corrected chi connectivity index (χ1v) is 8.04. The number of carbonyl (C=O) groups excluding carboxylic acids is 1. The molecular weight excluding hydrogens is 262 g/mol. The van der Waals surface area contributed by atoms with E-state index in [0.717, 1.165) is 29.6 Å². The molecule has 2 saturated carbocycles. The van der Waals surface area contributed by atoms with Gasteiger partial charge in [0.25, 0.3) is 0 Å². The Morgan fingerprint density at radius 1 is 1.29 bits per heavy atom. The predicted octanol–water partition coefficient (Wildman–Crippen LogP) is 3.26. The van der Waals surface area contributed by atoms with Crippen molar-refractivity contribution >= 4 is 11.7 Å². The standard InChI is InChI=1S/C17H25N3O/c1-11(18)14-3-2-4-15(9-14)20-17(21)19-10-16(12-5-6-12)13-7-8-13/h2-4,9,11-13,16H,5-8,10,18H2,1H3,(H2,19,20,21). The first-order chi connectivity index (χ1) is 10.1. The second kappa shape index (κ2) is 6.06. The van der Waals surface area contributed by atoms with Crippen LogP contribution in [0.2, 0.25) is 0 Å². The number of urea groups is 1. The second-order valence-electron chi connectivity index (χ2n) is 6.59. The third kappa shape index (κ3) is 3.97. The van der Waals surface area contributed by atoms with Gasteiger partial charge in [-0.1, -0.05) is 12.1 Å². The van der Waals surface area contributed by atoms with Gasteiger partial charge in [-0.3, -0.25) is 0 Å². The fraction of sp³-hybridized carbons (Fsp3) is 0.588. The van der Waals surface area contributed by atoms with Gasteiger partial charge in [0.2, 0.25) is 0 Å². The highest BCUT2D eigenvalue weighted by Gasteiger charge is 2.41. The van der Waals surface area contributed by atoms with Gasteiger partial charge in [0.15, 0.2) is 0 Å². The molecule has 0 saturated heterocycles. The van der Waals surface area contributed by atoms with Crippen LogP contribution in [0.15, 0.2) is 24.3 Å². The average Bonchev–Trinajstić information content (AvgIpc) is 3.33. The number of carbonyl (C=O) groups is 1. The lowest BCUT2D eigenvalue weighted by molar-refractivity contribution is 0.248. The molecule has 21 heavy (non-hydrogen) atoms. The van der Waals surface area contributed by atoms with Crippen molar-refractivity contribution in [3.8, 4) is 0 Å². The van der Waals surface area contributed by atoms with E-state index in [-0.39, 0.29) is 12.1 Å². The molecule has 1 unspecified atom stereocenters. The minimum atomic E-state index is -0.108. The van der Waals surface area contributed by atoms with Crippen LogP contribution in [0.5, 0.6) is 0 Å². The molecule has 1 atom stereocenters. The normalized spacial score (nSPS) is 19.4. The largest absolute Gasteiger partial charge is 0.338 e. The highest BCUT2D eigenvalue weighted by Crippen LogP contribution is 2.48. The second-order valence-corrected chi connectivity index (χ2v) is 6.59. The fourth-order valence-electron chi connectivity index (χ4n) is 3.05. The van der Waals surface area contributed by atoms with Gasteiger partial charge in [-0.25, -0.2) is 4.79 Å². The molecule has 0 aliphatic heterocycles.